The van der Waals surface area contributed by atoms with Crippen LogP contribution >= 0.6 is 11.3 Å². The molecule has 258 valence electrons. The van der Waals surface area contributed by atoms with Crippen LogP contribution in [0.15, 0.2) is 212 Å². The number of benzene rings is 9. The predicted molar refractivity (Wildman–Crippen MR) is 234 cm³/mol. The first kappa shape index (κ1) is 31.8. The van der Waals surface area contributed by atoms with Gasteiger partial charge in [0.15, 0.2) is 0 Å². The van der Waals surface area contributed by atoms with E-state index in [1.54, 1.807) is 0 Å². The average Bonchev–Trinajstić information content (AvgIpc) is 3.80. The second-order valence-corrected chi connectivity index (χ2v) is 15.5. The minimum atomic E-state index is -0.440. The van der Waals surface area contributed by atoms with Gasteiger partial charge in [-0.2, -0.15) is 0 Å². The van der Waals surface area contributed by atoms with E-state index in [4.69, 9.17) is 0 Å². The van der Waals surface area contributed by atoms with E-state index in [1.807, 2.05) is 11.3 Å². The molecule has 0 bridgehead atoms. The fourth-order valence-corrected chi connectivity index (χ4v) is 10.3. The van der Waals surface area contributed by atoms with E-state index in [0.717, 1.165) is 17.1 Å². The summed E-state index contributed by atoms with van der Waals surface area (Å²) in [7, 11) is 0. The van der Waals surface area contributed by atoms with Gasteiger partial charge in [-0.1, -0.05) is 170 Å². The van der Waals surface area contributed by atoms with Gasteiger partial charge in [-0.15, -0.1) is 11.3 Å². The fourth-order valence-electron chi connectivity index (χ4n) is 9.08. The third-order valence-corrected chi connectivity index (χ3v) is 12.8. The minimum absolute atomic E-state index is 0.440. The number of thiophene rings is 1. The Morgan fingerprint density at radius 1 is 0.364 bits per heavy atom. The van der Waals surface area contributed by atoms with Crippen molar-refractivity contribution in [3.63, 3.8) is 0 Å². The van der Waals surface area contributed by atoms with Gasteiger partial charge in [-0.3, -0.25) is 0 Å². The second kappa shape index (κ2) is 12.7. The van der Waals surface area contributed by atoms with Gasteiger partial charge in [0.05, 0.1) is 5.41 Å². The minimum Gasteiger partial charge on any atom is -0.310 e. The van der Waals surface area contributed by atoms with Crippen molar-refractivity contribution >= 4 is 59.3 Å². The van der Waals surface area contributed by atoms with Gasteiger partial charge in [0.25, 0.3) is 0 Å². The van der Waals surface area contributed by atoms with Gasteiger partial charge in [0.2, 0.25) is 0 Å². The smallest absolute Gasteiger partial charge is 0.0713 e. The Balaban J connectivity index is 1.10. The van der Waals surface area contributed by atoms with Crippen molar-refractivity contribution in [1.29, 1.82) is 0 Å². The normalized spacial score (nSPS) is 12.9. The topological polar surface area (TPSA) is 3.24 Å². The zero-order valence-electron chi connectivity index (χ0n) is 30.1. The summed E-state index contributed by atoms with van der Waals surface area (Å²) in [5, 5.41) is 5.17. The summed E-state index contributed by atoms with van der Waals surface area (Å²) in [5.74, 6) is 0. The van der Waals surface area contributed by atoms with Crippen LogP contribution in [0.3, 0.4) is 0 Å². The standard InChI is InChI=1S/C53H35NS/c1-3-13-36(14-4-1)37-23-29-41(30-24-37)54(43-31-25-38-26-34-47-46-19-9-12-22-51(46)55-52(47)48(38)35-43)42-32-27-40(28-33-42)53(39-15-5-2-6-16-39)49-20-10-7-17-44(49)45-18-8-11-21-50(45)53/h1-35H. The number of nitrogens with zero attached hydrogens (tertiary/aromatic N) is 1. The van der Waals surface area contributed by atoms with E-state index in [9.17, 15) is 0 Å². The van der Waals surface area contributed by atoms with Crippen LogP contribution in [0.25, 0.3) is 53.2 Å². The molecule has 0 amide bonds. The van der Waals surface area contributed by atoms with Crippen LogP contribution < -0.4 is 4.90 Å². The molecule has 0 fully saturated rings. The number of hydrogen-bond acceptors (Lipinski definition) is 2. The molecule has 0 radical (unpaired) electrons. The van der Waals surface area contributed by atoms with Crippen molar-refractivity contribution in [2.75, 3.05) is 4.90 Å². The molecule has 2 heteroatoms. The Bertz CT molecular complexity index is 2970. The van der Waals surface area contributed by atoms with Crippen LogP contribution in [0.4, 0.5) is 17.1 Å². The predicted octanol–water partition coefficient (Wildman–Crippen LogP) is 14.7. The fraction of sp³-hybridized carbons (Fsp3) is 0.0189. The van der Waals surface area contributed by atoms with Crippen molar-refractivity contribution in [1.82, 2.24) is 0 Å². The monoisotopic (exact) mass is 717 g/mol. The summed E-state index contributed by atoms with van der Waals surface area (Å²) in [5.41, 5.74) is 13.1. The van der Waals surface area contributed by atoms with Gasteiger partial charge >= 0.3 is 0 Å². The lowest BCUT2D eigenvalue weighted by molar-refractivity contribution is 0.768. The lowest BCUT2D eigenvalue weighted by atomic mass is 9.68. The zero-order valence-corrected chi connectivity index (χ0v) is 30.9. The molecule has 55 heavy (non-hydrogen) atoms. The molecule has 9 aromatic carbocycles. The largest absolute Gasteiger partial charge is 0.310 e. The van der Waals surface area contributed by atoms with Gasteiger partial charge in [0.1, 0.15) is 0 Å². The second-order valence-electron chi connectivity index (χ2n) is 14.4. The number of anilines is 3. The van der Waals surface area contributed by atoms with Crippen LogP contribution in [0.5, 0.6) is 0 Å². The molecule has 1 nitrogen and oxygen atoms in total. The molecule has 1 aliphatic carbocycles. The van der Waals surface area contributed by atoms with Crippen molar-refractivity contribution in [2.24, 2.45) is 0 Å². The molecule has 1 aliphatic rings. The van der Waals surface area contributed by atoms with Gasteiger partial charge in [-0.05, 0) is 92.4 Å². The van der Waals surface area contributed by atoms with Crippen LogP contribution in [-0.2, 0) is 5.41 Å². The lowest BCUT2D eigenvalue weighted by Crippen LogP contribution is -2.28. The third-order valence-electron chi connectivity index (χ3n) is 11.6. The number of fused-ring (bicyclic) bond motifs is 8. The van der Waals surface area contributed by atoms with Gasteiger partial charge in [-0.25, -0.2) is 0 Å². The quantitative estimate of drug-likeness (QED) is 0.166. The molecular formula is C53H35NS. The van der Waals surface area contributed by atoms with Crippen LogP contribution in [-0.4, -0.2) is 0 Å². The van der Waals surface area contributed by atoms with E-state index >= 15 is 0 Å². The van der Waals surface area contributed by atoms with Gasteiger partial charge in [0, 0.05) is 42.6 Å². The van der Waals surface area contributed by atoms with Crippen molar-refractivity contribution < 1.29 is 0 Å². The molecule has 0 spiro atoms. The summed E-state index contributed by atoms with van der Waals surface area (Å²) in [4.78, 5) is 2.41. The molecule has 0 saturated heterocycles. The maximum Gasteiger partial charge on any atom is 0.0713 e. The number of rotatable bonds is 6. The first-order valence-electron chi connectivity index (χ1n) is 18.9. The third kappa shape index (κ3) is 4.92. The highest BCUT2D eigenvalue weighted by Crippen LogP contribution is 2.56. The van der Waals surface area contributed by atoms with Crippen molar-refractivity contribution in [3.8, 4) is 22.3 Å². The first-order chi connectivity index (χ1) is 27.3. The molecule has 10 aromatic rings. The summed E-state index contributed by atoms with van der Waals surface area (Å²) < 4.78 is 2.65. The van der Waals surface area contributed by atoms with E-state index in [-0.39, 0.29) is 0 Å². The van der Waals surface area contributed by atoms with E-state index in [1.165, 1.54) is 75.5 Å². The highest BCUT2D eigenvalue weighted by atomic mass is 32.1. The zero-order chi connectivity index (χ0) is 36.3. The van der Waals surface area contributed by atoms with Crippen molar-refractivity contribution in [3.05, 3.63) is 235 Å². The molecule has 0 atom stereocenters. The summed E-state index contributed by atoms with van der Waals surface area (Å²) >= 11 is 1.89. The van der Waals surface area contributed by atoms with E-state index in [0.29, 0.717) is 0 Å². The van der Waals surface area contributed by atoms with E-state index < -0.39 is 5.41 Å². The molecule has 0 unspecified atom stereocenters. The summed E-state index contributed by atoms with van der Waals surface area (Å²) in [6.45, 7) is 0. The molecule has 0 aliphatic heterocycles. The molecule has 1 heterocycles. The first-order valence-corrected chi connectivity index (χ1v) is 19.7. The highest BCUT2D eigenvalue weighted by molar-refractivity contribution is 7.26. The Morgan fingerprint density at radius 3 is 1.60 bits per heavy atom. The van der Waals surface area contributed by atoms with Crippen LogP contribution in [0, 0.1) is 0 Å². The maximum atomic E-state index is 2.41. The number of hydrogen-bond donors (Lipinski definition) is 0. The Kier molecular flexibility index (Phi) is 7.33. The Morgan fingerprint density at radius 2 is 0.891 bits per heavy atom. The Labute approximate surface area is 325 Å². The maximum absolute atomic E-state index is 2.41. The SMILES string of the molecule is c1ccc(-c2ccc(N(c3ccc(C4(c5ccccc5)c5ccccc5-c5ccccc54)cc3)c3ccc4ccc5c6ccccc6sc5c4c3)cc2)cc1. The molecule has 0 saturated carbocycles. The molecular weight excluding hydrogens is 683 g/mol. The highest BCUT2D eigenvalue weighted by Gasteiger charge is 2.45. The van der Waals surface area contributed by atoms with E-state index in [2.05, 4.69) is 217 Å². The van der Waals surface area contributed by atoms with Crippen LogP contribution in [0.1, 0.15) is 22.3 Å². The summed E-state index contributed by atoms with van der Waals surface area (Å²) in [6, 6.07) is 78.2. The molecule has 11 rings (SSSR count). The Hall–Kier alpha value is -6.74. The molecule has 0 N–H and O–H groups in total. The average molecular weight is 718 g/mol. The van der Waals surface area contributed by atoms with Crippen LogP contribution in [0.2, 0.25) is 0 Å². The summed E-state index contributed by atoms with van der Waals surface area (Å²) in [6.07, 6.45) is 0. The lowest BCUT2D eigenvalue weighted by Gasteiger charge is -2.34. The van der Waals surface area contributed by atoms with Crippen molar-refractivity contribution in [2.45, 2.75) is 5.41 Å². The molecule has 1 aromatic heterocycles. The van der Waals surface area contributed by atoms with Gasteiger partial charge < -0.3 is 4.90 Å².